The molecule has 0 unspecified atom stereocenters. The number of ether oxygens (including phenoxy) is 1. The average molecular weight is 417 g/mol. The van der Waals surface area contributed by atoms with Crippen molar-refractivity contribution in [3.63, 3.8) is 0 Å². The summed E-state index contributed by atoms with van der Waals surface area (Å²) in [4.78, 5) is 17.0. The second-order valence-electron chi connectivity index (χ2n) is 9.01. The van der Waals surface area contributed by atoms with Crippen LogP contribution in [0, 0.1) is 0 Å². The maximum Gasteiger partial charge on any atom is 0.253 e. The molecule has 0 bridgehead atoms. The SMILES string of the molecule is CCCCCN(C)CCCCCCOC1CCC(N(C)C(=O)c2ccccc2)CC1. The smallest absolute Gasteiger partial charge is 0.253 e. The van der Waals surface area contributed by atoms with Gasteiger partial charge in [0.25, 0.3) is 5.91 Å². The molecular formula is C26H44N2O2. The van der Waals surface area contributed by atoms with Gasteiger partial charge in [0, 0.05) is 25.3 Å². The highest BCUT2D eigenvalue weighted by atomic mass is 16.5. The first-order valence-electron chi connectivity index (χ1n) is 12.2. The summed E-state index contributed by atoms with van der Waals surface area (Å²) >= 11 is 0. The average Bonchev–Trinajstić information content (AvgIpc) is 2.78. The Hall–Kier alpha value is -1.39. The minimum Gasteiger partial charge on any atom is -0.378 e. The molecule has 0 radical (unpaired) electrons. The Labute approximate surface area is 185 Å². The van der Waals surface area contributed by atoms with E-state index in [1.165, 1.54) is 58.0 Å². The topological polar surface area (TPSA) is 32.8 Å². The van der Waals surface area contributed by atoms with Gasteiger partial charge in [-0.3, -0.25) is 4.79 Å². The molecule has 1 saturated carbocycles. The summed E-state index contributed by atoms with van der Waals surface area (Å²) in [6.45, 7) is 5.62. The molecule has 0 aliphatic heterocycles. The molecule has 0 aromatic heterocycles. The minimum atomic E-state index is 0.135. The second-order valence-corrected chi connectivity index (χ2v) is 9.01. The van der Waals surface area contributed by atoms with E-state index in [1.54, 1.807) is 0 Å². The normalized spacial score (nSPS) is 19.2. The number of nitrogens with zero attached hydrogens (tertiary/aromatic N) is 2. The fraction of sp³-hybridized carbons (Fsp3) is 0.731. The molecule has 0 N–H and O–H groups in total. The summed E-state index contributed by atoms with van der Waals surface area (Å²) < 4.78 is 6.14. The van der Waals surface area contributed by atoms with Gasteiger partial charge < -0.3 is 14.5 Å². The number of hydrogen-bond acceptors (Lipinski definition) is 3. The predicted octanol–water partition coefficient (Wildman–Crippen LogP) is 5.77. The summed E-state index contributed by atoms with van der Waals surface area (Å²) in [7, 11) is 4.20. The van der Waals surface area contributed by atoms with Crippen molar-refractivity contribution in [1.29, 1.82) is 0 Å². The molecule has 1 aromatic carbocycles. The highest BCUT2D eigenvalue weighted by Gasteiger charge is 2.27. The molecule has 1 fully saturated rings. The van der Waals surface area contributed by atoms with Crippen molar-refractivity contribution < 1.29 is 9.53 Å². The molecule has 2 rings (SSSR count). The van der Waals surface area contributed by atoms with E-state index in [4.69, 9.17) is 4.74 Å². The van der Waals surface area contributed by atoms with Crippen LogP contribution in [-0.2, 0) is 4.74 Å². The fourth-order valence-corrected chi connectivity index (χ4v) is 4.38. The third kappa shape index (κ3) is 9.18. The van der Waals surface area contributed by atoms with E-state index in [1.807, 2.05) is 42.3 Å². The molecule has 1 aliphatic rings. The van der Waals surface area contributed by atoms with Crippen LogP contribution in [-0.4, -0.2) is 61.6 Å². The molecule has 1 aromatic rings. The number of amides is 1. The van der Waals surface area contributed by atoms with Crippen LogP contribution in [0.3, 0.4) is 0 Å². The molecule has 1 amide bonds. The summed E-state index contributed by atoms with van der Waals surface area (Å²) in [5.41, 5.74) is 0.783. The van der Waals surface area contributed by atoms with Crippen LogP contribution in [0.2, 0.25) is 0 Å². The highest BCUT2D eigenvalue weighted by Crippen LogP contribution is 2.25. The summed E-state index contributed by atoms with van der Waals surface area (Å²) in [6.07, 6.45) is 13.6. The van der Waals surface area contributed by atoms with Gasteiger partial charge in [0.2, 0.25) is 0 Å². The molecule has 0 heterocycles. The Morgan fingerprint density at radius 3 is 2.20 bits per heavy atom. The first-order chi connectivity index (χ1) is 14.6. The Morgan fingerprint density at radius 1 is 0.900 bits per heavy atom. The van der Waals surface area contributed by atoms with Crippen LogP contribution in [0.1, 0.15) is 87.9 Å². The lowest BCUT2D eigenvalue weighted by Crippen LogP contribution is -2.40. The number of rotatable bonds is 14. The summed E-state index contributed by atoms with van der Waals surface area (Å²) in [5, 5.41) is 0. The largest absolute Gasteiger partial charge is 0.378 e. The van der Waals surface area contributed by atoms with Crippen molar-refractivity contribution in [3.8, 4) is 0 Å². The third-order valence-corrected chi connectivity index (χ3v) is 6.46. The van der Waals surface area contributed by atoms with Crippen LogP contribution in [0.15, 0.2) is 30.3 Å². The second kappa shape index (κ2) is 14.6. The fourth-order valence-electron chi connectivity index (χ4n) is 4.38. The maximum absolute atomic E-state index is 12.6. The molecule has 0 saturated heterocycles. The zero-order valence-corrected chi connectivity index (χ0v) is 19.7. The van der Waals surface area contributed by atoms with Gasteiger partial charge in [-0.05, 0) is 77.2 Å². The molecule has 4 nitrogen and oxygen atoms in total. The van der Waals surface area contributed by atoms with E-state index in [2.05, 4.69) is 18.9 Å². The van der Waals surface area contributed by atoms with Crippen LogP contribution < -0.4 is 0 Å². The van der Waals surface area contributed by atoms with Gasteiger partial charge >= 0.3 is 0 Å². The van der Waals surface area contributed by atoms with Gasteiger partial charge in [0.15, 0.2) is 0 Å². The molecule has 0 atom stereocenters. The number of benzene rings is 1. The van der Waals surface area contributed by atoms with E-state index < -0.39 is 0 Å². The number of hydrogen-bond donors (Lipinski definition) is 0. The van der Waals surface area contributed by atoms with Gasteiger partial charge in [0.05, 0.1) is 6.10 Å². The Kier molecular flexibility index (Phi) is 12.1. The lowest BCUT2D eigenvalue weighted by Gasteiger charge is -2.34. The molecule has 4 heteroatoms. The summed E-state index contributed by atoms with van der Waals surface area (Å²) in [5.74, 6) is 0.135. The molecule has 0 spiro atoms. The standard InChI is InChI=1S/C26H44N2O2/c1-4-5-11-20-27(2)21-12-6-7-13-22-30-25-18-16-24(17-19-25)28(3)26(29)23-14-9-8-10-15-23/h8-10,14-15,24-25H,4-7,11-13,16-22H2,1-3H3. The monoisotopic (exact) mass is 416 g/mol. The lowest BCUT2D eigenvalue weighted by molar-refractivity contribution is 0.00907. The van der Waals surface area contributed by atoms with E-state index in [0.717, 1.165) is 37.9 Å². The molecule has 170 valence electrons. The van der Waals surface area contributed by atoms with E-state index >= 15 is 0 Å². The Bertz CT molecular complexity index is 570. The van der Waals surface area contributed by atoms with Crippen LogP contribution in [0.5, 0.6) is 0 Å². The quantitative estimate of drug-likeness (QED) is 0.361. The number of carbonyl (C=O) groups is 1. The zero-order chi connectivity index (χ0) is 21.6. The maximum atomic E-state index is 12.6. The third-order valence-electron chi connectivity index (χ3n) is 6.46. The van der Waals surface area contributed by atoms with Gasteiger partial charge in [0.1, 0.15) is 0 Å². The summed E-state index contributed by atoms with van der Waals surface area (Å²) in [6, 6.07) is 9.95. The Balaban J connectivity index is 1.50. The van der Waals surface area contributed by atoms with Crippen molar-refractivity contribution in [2.75, 3.05) is 33.8 Å². The highest BCUT2D eigenvalue weighted by molar-refractivity contribution is 5.94. The van der Waals surface area contributed by atoms with Crippen LogP contribution in [0.25, 0.3) is 0 Å². The van der Waals surface area contributed by atoms with E-state index in [9.17, 15) is 4.79 Å². The molecule has 30 heavy (non-hydrogen) atoms. The molecular weight excluding hydrogens is 372 g/mol. The molecule has 1 aliphatic carbocycles. The zero-order valence-electron chi connectivity index (χ0n) is 19.7. The number of carbonyl (C=O) groups excluding carboxylic acids is 1. The van der Waals surface area contributed by atoms with Crippen molar-refractivity contribution in [2.24, 2.45) is 0 Å². The Morgan fingerprint density at radius 2 is 1.53 bits per heavy atom. The van der Waals surface area contributed by atoms with Crippen molar-refractivity contribution in [1.82, 2.24) is 9.80 Å². The van der Waals surface area contributed by atoms with Gasteiger partial charge in [-0.15, -0.1) is 0 Å². The van der Waals surface area contributed by atoms with Crippen LogP contribution in [0.4, 0.5) is 0 Å². The van der Waals surface area contributed by atoms with Gasteiger partial charge in [-0.25, -0.2) is 0 Å². The van der Waals surface area contributed by atoms with Crippen molar-refractivity contribution in [3.05, 3.63) is 35.9 Å². The predicted molar refractivity (Wildman–Crippen MR) is 126 cm³/mol. The van der Waals surface area contributed by atoms with E-state index in [-0.39, 0.29) is 5.91 Å². The minimum absolute atomic E-state index is 0.135. The first-order valence-corrected chi connectivity index (χ1v) is 12.2. The number of unbranched alkanes of at least 4 members (excludes halogenated alkanes) is 5. The van der Waals surface area contributed by atoms with Gasteiger partial charge in [-0.1, -0.05) is 50.8 Å². The van der Waals surface area contributed by atoms with Crippen LogP contribution >= 0.6 is 0 Å². The van der Waals surface area contributed by atoms with Crippen molar-refractivity contribution >= 4 is 5.91 Å². The van der Waals surface area contributed by atoms with Gasteiger partial charge in [-0.2, -0.15) is 0 Å². The lowest BCUT2D eigenvalue weighted by atomic mass is 9.91. The van der Waals surface area contributed by atoms with E-state index in [0.29, 0.717) is 12.1 Å². The first kappa shape index (κ1) is 24.9. The van der Waals surface area contributed by atoms with Crippen molar-refractivity contribution in [2.45, 2.75) is 89.7 Å².